The summed E-state index contributed by atoms with van der Waals surface area (Å²) >= 11 is 3.48. The zero-order valence-corrected chi connectivity index (χ0v) is 11.9. The molecule has 92 valence electrons. The molecule has 0 amide bonds. The number of aryl methyl sites for hydroxylation is 3. The predicted molar refractivity (Wildman–Crippen MR) is 73.5 cm³/mol. The molecule has 0 atom stereocenters. The van der Waals surface area contributed by atoms with Gasteiger partial charge in [0.1, 0.15) is 0 Å². The monoisotopic (exact) mass is 305 g/mol. The van der Waals surface area contributed by atoms with Gasteiger partial charge in [-0.25, -0.2) is 9.97 Å². The number of aromatic nitrogens is 3. The van der Waals surface area contributed by atoms with Crippen LogP contribution in [-0.4, -0.2) is 15.0 Å². The maximum absolute atomic E-state index is 5.58. The van der Waals surface area contributed by atoms with Gasteiger partial charge in [-0.2, -0.15) is 0 Å². The van der Waals surface area contributed by atoms with Gasteiger partial charge in [-0.3, -0.25) is 0 Å². The molecule has 4 nitrogen and oxygen atoms in total. The summed E-state index contributed by atoms with van der Waals surface area (Å²) < 4.78 is 6.62. The first-order valence-corrected chi connectivity index (χ1v) is 6.44. The normalized spacial score (nSPS) is 11.3. The summed E-state index contributed by atoms with van der Waals surface area (Å²) in [6.07, 6.45) is 0. The number of halogens is 1. The summed E-state index contributed by atoms with van der Waals surface area (Å²) in [5.74, 6) is 2.09. The molecule has 0 bridgehead atoms. The van der Waals surface area contributed by atoms with Gasteiger partial charge in [0, 0.05) is 11.4 Å². The molecule has 1 aromatic carbocycles. The molecule has 0 saturated heterocycles. The number of fused-ring (bicyclic) bond motifs is 1. The van der Waals surface area contributed by atoms with E-state index in [1.54, 1.807) is 0 Å². The first-order chi connectivity index (χ1) is 8.54. The third-order valence-electron chi connectivity index (χ3n) is 2.86. The maximum Gasteiger partial charge on any atom is 0.192 e. The zero-order valence-electron chi connectivity index (χ0n) is 10.3. The van der Waals surface area contributed by atoms with Crippen molar-refractivity contribution in [3.05, 3.63) is 33.8 Å². The van der Waals surface area contributed by atoms with Gasteiger partial charge in [0.05, 0.1) is 16.7 Å². The van der Waals surface area contributed by atoms with Crippen molar-refractivity contribution >= 4 is 27.0 Å². The summed E-state index contributed by atoms with van der Waals surface area (Å²) in [6, 6.07) is 4.06. The van der Waals surface area contributed by atoms with Crippen molar-refractivity contribution < 1.29 is 4.42 Å². The number of benzene rings is 1. The van der Waals surface area contributed by atoms with E-state index in [4.69, 9.17) is 4.42 Å². The van der Waals surface area contributed by atoms with E-state index in [0.29, 0.717) is 11.7 Å². The van der Waals surface area contributed by atoms with Crippen molar-refractivity contribution in [3.63, 3.8) is 0 Å². The Bertz CT molecular complexity index is 742. The van der Waals surface area contributed by atoms with Gasteiger partial charge in [0.25, 0.3) is 0 Å². The van der Waals surface area contributed by atoms with Gasteiger partial charge in [-0.05, 0) is 31.5 Å². The molecule has 0 saturated carbocycles. The first kappa shape index (κ1) is 11.5. The van der Waals surface area contributed by atoms with Crippen LogP contribution in [0.4, 0.5) is 0 Å². The third kappa shape index (κ3) is 1.75. The van der Waals surface area contributed by atoms with E-state index >= 15 is 0 Å². The SMILES string of the molecule is Cc1nc(C)c(-c2nc3c(C)cc(Br)cc3[nH]2)o1. The van der Waals surface area contributed by atoms with Crippen LogP contribution in [0.3, 0.4) is 0 Å². The molecular formula is C13H12BrN3O. The van der Waals surface area contributed by atoms with Crippen LogP contribution >= 0.6 is 15.9 Å². The van der Waals surface area contributed by atoms with E-state index < -0.39 is 0 Å². The molecule has 0 aliphatic carbocycles. The van der Waals surface area contributed by atoms with Crippen molar-refractivity contribution in [2.75, 3.05) is 0 Å². The first-order valence-electron chi connectivity index (χ1n) is 5.65. The molecule has 0 aliphatic rings. The number of aromatic amines is 1. The van der Waals surface area contributed by atoms with E-state index in [9.17, 15) is 0 Å². The molecule has 0 spiro atoms. The third-order valence-corrected chi connectivity index (χ3v) is 3.32. The minimum atomic E-state index is 0.654. The van der Waals surface area contributed by atoms with Gasteiger partial charge in [-0.15, -0.1) is 0 Å². The average molecular weight is 306 g/mol. The second-order valence-electron chi connectivity index (χ2n) is 4.35. The van der Waals surface area contributed by atoms with Gasteiger partial charge >= 0.3 is 0 Å². The number of hydrogen-bond acceptors (Lipinski definition) is 3. The van der Waals surface area contributed by atoms with E-state index in [0.717, 1.165) is 32.6 Å². The van der Waals surface area contributed by atoms with E-state index in [2.05, 4.69) is 30.9 Å². The second kappa shape index (κ2) is 3.95. The van der Waals surface area contributed by atoms with E-state index in [-0.39, 0.29) is 0 Å². The van der Waals surface area contributed by atoms with Gasteiger partial charge in [0.2, 0.25) is 0 Å². The summed E-state index contributed by atoms with van der Waals surface area (Å²) in [7, 11) is 0. The van der Waals surface area contributed by atoms with Crippen molar-refractivity contribution in [1.82, 2.24) is 15.0 Å². The average Bonchev–Trinajstić information content (AvgIpc) is 2.81. The Morgan fingerprint density at radius 2 is 1.94 bits per heavy atom. The number of nitrogens with one attached hydrogen (secondary N) is 1. The highest BCUT2D eigenvalue weighted by Crippen LogP contribution is 2.27. The molecule has 3 aromatic rings. The summed E-state index contributed by atoms with van der Waals surface area (Å²) in [5.41, 5.74) is 3.92. The number of oxazole rings is 1. The number of imidazole rings is 1. The minimum absolute atomic E-state index is 0.654. The number of H-pyrrole nitrogens is 1. The Balaban J connectivity index is 2.25. The van der Waals surface area contributed by atoms with Gasteiger partial charge in [-0.1, -0.05) is 15.9 Å². The quantitative estimate of drug-likeness (QED) is 0.741. The lowest BCUT2D eigenvalue weighted by Crippen LogP contribution is -1.80. The van der Waals surface area contributed by atoms with Gasteiger partial charge < -0.3 is 9.40 Å². The van der Waals surface area contributed by atoms with Crippen LogP contribution in [0.1, 0.15) is 17.1 Å². The Kier molecular flexibility index (Phi) is 2.52. The molecule has 0 radical (unpaired) electrons. The minimum Gasteiger partial charge on any atom is -0.437 e. The predicted octanol–water partition coefficient (Wildman–Crippen LogP) is 3.91. The molecular weight excluding hydrogens is 294 g/mol. The van der Waals surface area contributed by atoms with Crippen molar-refractivity contribution in [1.29, 1.82) is 0 Å². The largest absolute Gasteiger partial charge is 0.437 e. The lowest BCUT2D eigenvalue weighted by Gasteiger charge is -1.94. The molecule has 2 heterocycles. The Labute approximate surface area is 113 Å². The van der Waals surface area contributed by atoms with Crippen LogP contribution in [-0.2, 0) is 0 Å². The Morgan fingerprint density at radius 1 is 1.17 bits per heavy atom. The highest BCUT2D eigenvalue weighted by molar-refractivity contribution is 9.10. The van der Waals surface area contributed by atoms with Crippen LogP contribution < -0.4 is 0 Å². The van der Waals surface area contributed by atoms with Crippen LogP contribution in [0.15, 0.2) is 21.0 Å². The molecule has 2 aromatic heterocycles. The molecule has 5 heteroatoms. The Hall–Kier alpha value is -1.62. The molecule has 1 N–H and O–H groups in total. The highest BCUT2D eigenvalue weighted by Gasteiger charge is 2.14. The van der Waals surface area contributed by atoms with Crippen LogP contribution in [0.5, 0.6) is 0 Å². The van der Waals surface area contributed by atoms with Crippen LogP contribution in [0, 0.1) is 20.8 Å². The van der Waals surface area contributed by atoms with E-state index in [1.165, 1.54) is 0 Å². The topological polar surface area (TPSA) is 54.7 Å². The fourth-order valence-corrected chi connectivity index (χ4v) is 2.68. The smallest absolute Gasteiger partial charge is 0.192 e. The maximum atomic E-state index is 5.58. The Morgan fingerprint density at radius 3 is 2.61 bits per heavy atom. The van der Waals surface area contributed by atoms with Gasteiger partial charge in [0.15, 0.2) is 17.5 Å². The number of nitrogens with zero attached hydrogens (tertiary/aromatic N) is 2. The van der Waals surface area contributed by atoms with Crippen molar-refractivity contribution in [2.24, 2.45) is 0 Å². The fourth-order valence-electron chi connectivity index (χ4n) is 2.11. The summed E-state index contributed by atoms with van der Waals surface area (Å²) in [6.45, 7) is 5.79. The van der Waals surface area contributed by atoms with E-state index in [1.807, 2.05) is 32.9 Å². The molecule has 0 aliphatic heterocycles. The zero-order chi connectivity index (χ0) is 12.9. The lowest BCUT2D eigenvalue weighted by molar-refractivity contribution is 0.531. The lowest BCUT2D eigenvalue weighted by atomic mass is 10.2. The molecule has 18 heavy (non-hydrogen) atoms. The summed E-state index contributed by atoms with van der Waals surface area (Å²) in [5, 5.41) is 0. The van der Waals surface area contributed by atoms with Crippen LogP contribution in [0.2, 0.25) is 0 Å². The molecule has 0 fully saturated rings. The number of hydrogen-bond donors (Lipinski definition) is 1. The second-order valence-corrected chi connectivity index (χ2v) is 5.27. The highest BCUT2D eigenvalue weighted by atomic mass is 79.9. The fraction of sp³-hybridized carbons (Fsp3) is 0.231. The van der Waals surface area contributed by atoms with Crippen molar-refractivity contribution in [3.8, 4) is 11.6 Å². The standard InChI is InChI=1S/C13H12BrN3O/c1-6-4-9(14)5-10-11(6)17-13(16-10)12-7(2)15-8(3)18-12/h4-5H,1-3H3,(H,16,17). The summed E-state index contributed by atoms with van der Waals surface area (Å²) in [4.78, 5) is 12.1. The van der Waals surface area contributed by atoms with Crippen molar-refractivity contribution in [2.45, 2.75) is 20.8 Å². The number of rotatable bonds is 1. The molecule has 0 unspecified atom stereocenters. The van der Waals surface area contributed by atoms with Crippen LogP contribution in [0.25, 0.3) is 22.6 Å². The molecule has 3 rings (SSSR count).